The topological polar surface area (TPSA) is 76.1 Å². The molecule has 1 heterocycles. The maximum atomic E-state index is 11.8. The van der Waals surface area contributed by atoms with Crippen LogP contribution in [0, 0.1) is 0 Å². The number of nitrogens with zero attached hydrogens (tertiary/aromatic N) is 2. The van der Waals surface area contributed by atoms with Crippen LogP contribution < -0.4 is 15.4 Å². The molecule has 0 saturated carbocycles. The summed E-state index contributed by atoms with van der Waals surface area (Å²) in [6.07, 6.45) is 2.33. The number of aromatic nitrogens is 2. The quantitative estimate of drug-likeness (QED) is 0.783. The average Bonchev–Trinajstić information content (AvgIpc) is 2.36. The van der Waals surface area contributed by atoms with Crippen LogP contribution in [0.2, 0.25) is 0 Å². The Hall–Kier alpha value is -1.85. The first-order chi connectivity index (χ1) is 9.02. The second-order valence-corrected chi connectivity index (χ2v) is 4.62. The van der Waals surface area contributed by atoms with Crippen LogP contribution in [0.4, 0.5) is 5.82 Å². The van der Waals surface area contributed by atoms with E-state index in [1.165, 1.54) is 6.33 Å². The van der Waals surface area contributed by atoms with Crippen molar-refractivity contribution in [1.29, 1.82) is 0 Å². The Kier molecular flexibility index (Phi) is 6.05. The molecule has 1 rings (SSSR count). The fourth-order valence-corrected chi connectivity index (χ4v) is 1.40. The molecule has 1 atom stereocenters. The minimum absolute atomic E-state index is 0.0651. The standard InChI is InChI=1S/C13H22N4O2/c1-5-6-19-12-7-11(14-8-15-12)17-10(4)13(18)16-9(2)3/h7-10H,5-6H2,1-4H3,(H,16,18)(H,14,15,17). The monoisotopic (exact) mass is 266 g/mol. The van der Waals surface area contributed by atoms with Gasteiger partial charge in [-0.3, -0.25) is 4.79 Å². The molecule has 0 aliphatic heterocycles. The molecule has 19 heavy (non-hydrogen) atoms. The third kappa shape index (κ3) is 5.54. The van der Waals surface area contributed by atoms with E-state index >= 15 is 0 Å². The highest BCUT2D eigenvalue weighted by Gasteiger charge is 2.14. The highest BCUT2D eigenvalue weighted by molar-refractivity contribution is 5.84. The summed E-state index contributed by atoms with van der Waals surface area (Å²) in [5.74, 6) is 1.02. The van der Waals surface area contributed by atoms with Gasteiger partial charge in [-0.15, -0.1) is 0 Å². The second kappa shape index (κ2) is 7.56. The minimum Gasteiger partial charge on any atom is -0.478 e. The van der Waals surface area contributed by atoms with Crippen molar-refractivity contribution in [3.63, 3.8) is 0 Å². The van der Waals surface area contributed by atoms with Gasteiger partial charge in [-0.1, -0.05) is 6.92 Å². The molecule has 0 aromatic carbocycles. The summed E-state index contributed by atoms with van der Waals surface area (Å²) < 4.78 is 5.41. The van der Waals surface area contributed by atoms with E-state index in [4.69, 9.17) is 4.74 Å². The van der Waals surface area contributed by atoms with Gasteiger partial charge in [0.1, 0.15) is 18.2 Å². The Bertz CT molecular complexity index is 409. The summed E-state index contributed by atoms with van der Waals surface area (Å²) in [6.45, 7) is 8.27. The Morgan fingerprint density at radius 3 is 2.74 bits per heavy atom. The molecule has 6 nitrogen and oxygen atoms in total. The molecular formula is C13H22N4O2. The van der Waals surface area contributed by atoms with E-state index in [1.54, 1.807) is 13.0 Å². The molecule has 2 N–H and O–H groups in total. The zero-order chi connectivity index (χ0) is 14.3. The van der Waals surface area contributed by atoms with E-state index < -0.39 is 0 Å². The summed E-state index contributed by atoms with van der Waals surface area (Å²) in [4.78, 5) is 19.8. The summed E-state index contributed by atoms with van der Waals surface area (Å²) >= 11 is 0. The lowest BCUT2D eigenvalue weighted by Crippen LogP contribution is -2.41. The maximum Gasteiger partial charge on any atom is 0.242 e. The molecule has 0 aliphatic rings. The maximum absolute atomic E-state index is 11.8. The van der Waals surface area contributed by atoms with E-state index in [0.29, 0.717) is 18.3 Å². The third-order valence-corrected chi connectivity index (χ3v) is 2.28. The average molecular weight is 266 g/mol. The number of ether oxygens (including phenoxy) is 1. The van der Waals surface area contributed by atoms with Crippen molar-refractivity contribution >= 4 is 11.7 Å². The molecule has 0 bridgehead atoms. The van der Waals surface area contributed by atoms with Gasteiger partial charge in [-0.25, -0.2) is 9.97 Å². The van der Waals surface area contributed by atoms with Crippen LogP contribution in [0.3, 0.4) is 0 Å². The van der Waals surface area contributed by atoms with Crippen LogP contribution in [0.25, 0.3) is 0 Å². The predicted molar refractivity (Wildman–Crippen MR) is 74.2 cm³/mol. The fraction of sp³-hybridized carbons (Fsp3) is 0.615. The van der Waals surface area contributed by atoms with E-state index in [-0.39, 0.29) is 18.0 Å². The van der Waals surface area contributed by atoms with Gasteiger partial charge in [0.2, 0.25) is 11.8 Å². The fourth-order valence-electron chi connectivity index (χ4n) is 1.40. The highest BCUT2D eigenvalue weighted by Crippen LogP contribution is 2.12. The highest BCUT2D eigenvalue weighted by atomic mass is 16.5. The van der Waals surface area contributed by atoms with Gasteiger partial charge in [0, 0.05) is 12.1 Å². The van der Waals surface area contributed by atoms with Gasteiger partial charge >= 0.3 is 0 Å². The molecule has 0 saturated heterocycles. The largest absolute Gasteiger partial charge is 0.478 e. The van der Waals surface area contributed by atoms with Gasteiger partial charge in [0.05, 0.1) is 6.61 Å². The lowest BCUT2D eigenvalue weighted by Gasteiger charge is -2.16. The Morgan fingerprint density at radius 1 is 1.37 bits per heavy atom. The molecule has 0 spiro atoms. The van der Waals surface area contributed by atoms with E-state index in [9.17, 15) is 4.79 Å². The van der Waals surface area contributed by atoms with E-state index in [1.807, 2.05) is 20.8 Å². The molecule has 0 fully saturated rings. The van der Waals surface area contributed by atoms with E-state index in [2.05, 4.69) is 20.6 Å². The van der Waals surface area contributed by atoms with Gasteiger partial charge in [-0.05, 0) is 27.2 Å². The molecule has 106 valence electrons. The van der Waals surface area contributed by atoms with Gasteiger partial charge in [0.25, 0.3) is 0 Å². The summed E-state index contributed by atoms with van der Waals surface area (Å²) in [5.41, 5.74) is 0. The van der Waals surface area contributed by atoms with Crippen molar-refractivity contribution in [2.24, 2.45) is 0 Å². The van der Waals surface area contributed by atoms with Crippen molar-refractivity contribution in [3.05, 3.63) is 12.4 Å². The van der Waals surface area contributed by atoms with Crippen LogP contribution >= 0.6 is 0 Å². The molecule has 1 amide bonds. The van der Waals surface area contributed by atoms with Crippen molar-refractivity contribution in [2.75, 3.05) is 11.9 Å². The van der Waals surface area contributed by atoms with Crippen LogP contribution in [0.1, 0.15) is 34.1 Å². The van der Waals surface area contributed by atoms with Gasteiger partial charge in [-0.2, -0.15) is 0 Å². The van der Waals surface area contributed by atoms with Crippen LogP contribution in [-0.4, -0.2) is 34.6 Å². The Labute approximate surface area is 114 Å². The zero-order valence-electron chi connectivity index (χ0n) is 11.9. The summed E-state index contributed by atoms with van der Waals surface area (Å²) in [6, 6.07) is 1.44. The van der Waals surface area contributed by atoms with Crippen molar-refractivity contribution in [1.82, 2.24) is 15.3 Å². The Balaban J connectivity index is 2.58. The number of carbonyl (C=O) groups excluding carboxylic acids is 1. The Morgan fingerprint density at radius 2 is 2.11 bits per heavy atom. The predicted octanol–water partition coefficient (Wildman–Crippen LogP) is 1.59. The van der Waals surface area contributed by atoms with E-state index in [0.717, 1.165) is 6.42 Å². The number of carbonyl (C=O) groups is 1. The summed E-state index contributed by atoms with van der Waals surface area (Å²) in [5, 5.41) is 5.86. The molecule has 6 heteroatoms. The lowest BCUT2D eigenvalue weighted by atomic mass is 10.3. The van der Waals surface area contributed by atoms with Crippen LogP contribution in [-0.2, 0) is 4.79 Å². The van der Waals surface area contributed by atoms with Crippen LogP contribution in [0.15, 0.2) is 12.4 Å². The molecule has 1 aromatic rings. The molecular weight excluding hydrogens is 244 g/mol. The molecule has 1 aromatic heterocycles. The normalized spacial score (nSPS) is 12.1. The number of nitrogens with one attached hydrogen (secondary N) is 2. The molecule has 0 aliphatic carbocycles. The number of hydrogen-bond acceptors (Lipinski definition) is 5. The zero-order valence-corrected chi connectivity index (χ0v) is 11.9. The number of anilines is 1. The van der Waals surface area contributed by atoms with Crippen molar-refractivity contribution in [3.8, 4) is 5.88 Å². The molecule has 0 radical (unpaired) electrons. The first-order valence-electron chi connectivity index (χ1n) is 6.54. The number of amides is 1. The minimum atomic E-state index is -0.365. The second-order valence-electron chi connectivity index (χ2n) is 4.62. The van der Waals surface area contributed by atoms with Crippen molar-refractivity contribution < 1.29 is 9.53 Å². The first kappa shape index (κ1) is 15.2. The van der Waals surface area contributed by atoms with Crippen LogP contribution in [0.5, 0.6) is 5.88 Å². The van der Waals surface area contributed by atoms with Gasteiger partial charge < -0.3 is 15.4 Å². The first-order valence-corrected chi connectivity index (χ1v) is 6.54. The SMILES string of the molecule is CCCOc1cc(NC(C)C(=O)NC(C)C)ncn1. The third-order valence-electron chi connectivity index (χ3n) is 2.28. The number of hydrogen-bond donors (Lipinski definition) is 2. The lowest BCUT2D eigenvalue weighted by molar-refractivity contribution is -0.122. The number of rotatable bonds is 7. The van der Waals surface area contributed by atoms with Gasteiger partial charge in [0.15, 0.2) is 0 Å². The molecule has 1 unspecified atom stereocenters. The summed E-state index contributed by atoms with van der Waals surface area (Å²) in [7, 11) is 0. The van der Waals surface area contributed by atoms with Crippen molar-refractivity contribution in [2.45, 2.75) is 46.2 Å². The smallest absolute Gasteiger partial charge is 0.242 e.